The molecule has 0 radical (unpaired) electrons. The molecule has 0 saturated carbocycles. The van der Waals surface area contributed by atoms with Crippen LogP contribution in [0.1, 0.15) is 0 Å². The van der Waals surface area contributed by atoms with Crippen LogP contribution in [0.5, 0.6) is 5.75 Å². The molecule has 0 saturated heterocycles. The molecular weight excluding hydrogens is 212 g/mol. The van der Waals surface area contributed by atoms with Gasteiger partial charge in [-0.1, -0.05) is 29.8 Å². The van der Waals surface area contributed by atoms with Crippen molar-refractivity contribution in [3.05, 3.63) is 41.4 Å². The quantitative estimate of drug-likeness (QED) is 0.620. The molecule has 0 spiro atoms. The van der Waals surface area contributed by atoms with E-state index in [4.69, 9.17) is 16.0 Å². The largest absolute Gasteiger partial charge is 0.507 e. The molecule has 74 valence electrons. The Hall–Kier alpha value is -1.67. The Morgan fingerprint density at radius 2 is 1.87 bits per heavy atom. The van der Waals surface area contributed by atoms with Crippen LogP contribution in [0, 0.1) is 0 Å². The lowest BCUT2D eigenvalue weighted by molar-refractivity contribution is 0.481. The summed E-state index contributed by atoms with van der Waals surface area (Å²) < 4.78 is 5.57. The summed E-state index contributed by atoms with van der Waals surface area (Å²) in [7, 11) is 0. The van der Waals surface area contributed by atoms with Crippen molar-refractivity contribution < 1.29 is 9.52 Å². The smallest absolute Gasteiger partial charge is 0.157 e. The van der Waals surface area contributed by atoms with Crippen LogP contribution in [0.2, 0.25) is 5.02 Å². The van der Waals surface area contributed by atoms with E-state index in [1.54, 1.807) is 12.1 Å². The Labute approximate surface area is 90.7 Å². The summed E-state index contributed by atoms with van der Waals surface area (Å²) >= 11 is 6.00. The number of phenols is 1. The van der Waals surface area contributed by atoms with E-state index in [-0.39, 0.29) is 5.75 Å². The number of furan rings is 1. The SMILES string of the molecule is Oc1ccc(Cl)c2oc3ccccc3c12. The average molecular weight is 219 g/mol. The minimum atomic E-state index is 0.194. The maximum atomic E-state index is 9.76. The highest BCUT2D eigenvalue weighted by molar-refractivity contribution is 6.36. The van der Waals surface area contributed by atoms with E-state index in [0.29, 0.717) is 16.0 Å². The van der Waals surface area contributed by atoms with Crippen LogP contribution in [0.25, 0.3) is 21.9 Å². The Kier molecular flexibility index (Phi) is 1.67. The summed E-state index contributed by atoms with van der Waals surface area (Å²) in [4.78, 5) is 0. The predicted octanol–water partition coefficient (Wildman–Crippen LogP) is 3.95. The molecule has 3 aromatic rings. The number of aromatic hydroxyl groups is 1. The highest BCUT2D eigenvalue weighted by atomic mass is 35.5. The minimum absolute atomic E-state index is 0.194. The molecule has 15 heavy (non-hydrogen) atoms. The van der Waals surface area contributed by atoms with Gasteiger partial charge in [0, 0.05) is 5.39 Å². The molecule has 2 nitrogen and oxygen atoms in total. The molecule has 0 amide bonds. The first-order valence-corrected chi connectivity index (χ1v) is 4.94. The van der Waals surface area contributed by atoms with Gasteiger partial charge >= 0.3 is 0 Å². The van der Waals surface area contributed by atoms with Crippen LogP contribution in [-0.4, -0.2) is 5.11 Å². The third-order valence-electron chi connectivity index (χ3n) is 2.46. The second-order valence-corrected chi connectivity index (χ2v) is 3.78. The van der Waals surface area contributed by atoms with Gasteiger partial charge in [0.25, 0.3) is 0 Å². The number of phenolic OH excluding ortho intramolecular Hbond substituents is 1. The molecule has 0 aliphatic heterocycles. The van der Waals surface area contributed by atoms with Crippen molar-refractivity contribution in [2.75, 3.05) is 0 Å². The Bertz CT molecular complexity index is 655. The van der Waals surface area contributed by atoms with E-state index in [2.05, 4.69) is 0 Å². The van der Waals surface area contributed by atoms with Crippen LogP contribution in [0.4, 0.5) is 0 Å². The first-order valence-electron chi connectivity index (χ1n) is 4.56. The van der Waals surface area contributed by atoms with Crippen LogP contribution < -0.4 is 0 Å². The van der Waals surface area contributed by atoms with Gasteiger partial charge in [-0.3, -0.25) is 0 Å². The van der Waals surface area contributed by atoms with Gasteiger partial charge in [0.1, 0.15) is 11.3 Å². The zero-order chi connectivity index (χ0) is 10.4. The summed E-state index contributed by atoms with van der Waals surface area (Å²) in [5, 5.41) is 11.8. The third-order valence-corrected chi connectivity index (χ3v) is 2.75. The Morgan fingerprint density at radius 3 is 2.73 bits per heavy atom. The molecule has 3 heteroatoms. The zero-order valence-electron chi connectivity index (χ0n) is 7.70. The zero-order valence-corrected chi connectivity index (χ0v) is 8.45. The number of hydrogen-bond donors (Lipinski definition) is 1. The van der Waals surface area contributed by atoms with Crippen LogP contribution >= 0.6 is 11.6 Å². The maximum absolute atomic E-state index is 9.76. The molecule has 2 aromatic carbocycles. The molecule has 0 atom stereocenters. The van der Waals surface area contributed by atoms with Gasteiger partial charge in [0.05, 0.1) is 10.4 Å². The van der Waals surface area contributed by atoms with E-state index in [1.807, 2.05) is 24.3 Å². The number of hydrogen-bond acceptors (Lipinski definition) is 2. The summed E-state index contributed by atoms with van der Waals surface area (Å²) in [5.74, 6) is 0.194. The highest BCUT2D eigenvalue weighted by Crippen LogP contribution is 2.38. The lowest BCUT2D eigenvalue weighted by atomic mass is 10.1. The molecule has 1 heterocycles. The highest BCUT2D eigenvalue weighted by Gasteiger charge is 2.12. The van der Waals surface area contributed by atoms with Crippen molar-refractivity contribution in [1.82, 2.24) is 0 Å². The number of rotatable bonds is 0. The molecular formula is C12H7ClO2. The van der Waals surface area contributed by atoms with Gasteiger partial charge in [0.15, 0.2) is 5.58 Å². The number of para-hydroxylation sites is 1. The van der Waals surface area contributed by atoms with Gasteiger partial charge in [0.2, 0.25) is 0 Å². The van der Waals surface area contributed by atoms with E-state index in [9.17, 15) is 5.11 Å². The summed E-state index contributed by atoms with van der Waals surface area (Å²) in [6.45, 7) is 0. The molecule has 0 aliphatic rings. The van der Waals surface area contributed by atoms with Crippen molar-refractivity contribution in [3.8, 4) is 5.75 Å². The number of benzene rings is 2. The topological polar surface area (TPSA) is 33.4 Å². The number of fused-ring (bicyclic) bond motifs is 3. The minimum Gasteiger partial charge on any atom is -0.507 e. The van der Waals surface area contributed by atoms with Gasteiger partial charge in [-0.2, -0.15) is 0 Å². The normalized spacial score (nSPS) is 11.3. The fourth-order valence-electron chi connectivity index (χ4n) is 1.78. The fourth-order valence-corrected chi connectivity index (χ4v) is 1.98. The molecule has 0 fully saturated rings. The molecule has 0 aliphatic carbocycles. The Morgan fingerprint density at radius 1 is 1.07 bits per heavy atom. The summed E-state index contributed by atoms with van der Waals surface area (Å²) in [6.07, 6.45) is 0. The van der Waals surface area contributed by atoms with E-state index >= 15 is 0 Å². The van der Waals surface area contributed by atoms with Crippen LogP contribution in [0.15, 0.2) is 40.8 Å². The second kappa shape index (κ2) is 2.91. The van der Waals surface area contributed by atoms with Crippen molar-refractivity contribution in [2.45, 2.75) is 0 Å². The number of halogens is 1. The standard InChI is InChI=1S/C12H7ClO2/c13-8-5-6-9(14)11-7-3-1-2-4-10(7)15-12(8)11/h1-6,14H. The van der Waals surface area contributed by atoms with E-state index in [1.165, 1.54) is 0 Å². The lowest BCUT2D eigenvalue weighted by Gasteiger charge is -1.95. The first-order chi connectivity index (χ1) is 7.27. The molecule has 3 rings (SSSR count). The van der Waals surface area contributed by atoms with Crippen LogP contribution in [-0.2, 0) is 0 Å². The van der Waals surface area contributed by atoms with Gasteiger partial charge in [-0.05, 0) is 18.2 Å². The van der Waals surface area contributed by atoms with Crippen molar-refractivity contribution in [1.29, 1.82) is 0 Å². The molecule has 1 aromatic heterocycles. The first kappa shape index (κ1) is 8.62. The second-order valence-electron chi connectivity index (χ2n) is 3.37. The van der Waals surface area contributed by atoms with Crippen LogP contribution in [0.3, 0.4) is 0 Å². The van der Waals surface area contributed by atoms with Crippen molar-refractivity contribution in [3.63, 3.8) is 0 Å². The van der Waals surface area contributed by atoms with Gasteiger partial charge in [-0.25, -0.2) is 0 Å². The van der Waals surface area contributed by atoms with E-state index in [0.717, 1.165) is 11.0 Å². The maximum Gasteiger partial charge on any atom is 0.157 e. The molecule has 0 unspecified atom stereocenters. The van der Waals surface area contributed by atoms with Gasteiger partial charge < -0.3 is 9.52 Å². The average Bonchev–Trinajstić information content (AvgIpc) is 2.64. The third kappa shape index (κ3) is 1.12. The van der Waals surface area contributed by atoms with Gasteiger partial charge in [-0.15, -0.1) is 0 Å². The fraction of sp³-hybridized carbons (Fsp3) is 0. The molecule has 1 N–H and O–H groups in total. The molecule has 0 bridgehead atoms. The summed E-state index contributed by atoms with van der Waals surface area (Å²) in [5.41, 5.74) is 1.27. The van der Waals surface area contributed by atoms with Crippen molar-refractivity contribution in [2.24, 2.45) is 0 Å². The summed E-state index contributed by atoms with van der Waals surface area (Å²) in [6, 6.07) is 10.7. The Balaban J connectivity index is 2.66. The van der Waals surface area contributed by atoms with E-state index < -0.39 is 0 Å². The lowest BCUT2D eigenvalue weighted by Crippen LogP contribution is -1.70. The monoisotopic (exact) mass is 218 g/mol. The van der Waals surface area contributed by atoms with Crippen molar-refractivity contribution >= 4 is 33.5 Å². The predicted molar refractivity (Wildman–Crippen MR) is 60.4 cm³/mol.